The SMILES string of the molecule is Oc1ccccc1O.[Sn][c]1ccccc1. The van der Waals surface area contributed by atoms with E-state index in [2.05, 4.69) is 24.3 Å². The van der Waals surface area contributed by atoms with E-state index in [9.17, 15) is 0 Å². The van der Waals surface area contributed by atoms with Gasteiger partial charge in [-0.3, -0.25) is 0 Å². The van der Waals surface area contributed by atoms with Crippen molar-refractivity contribution in [2.75, 3.05) is 0 Å². The Morgan fingerprint density at radius 2 is 1.07 bits per heavy atom. The minimum atomic E-state index is -0.0764. The first-order valence-electron chi connectivity index (χ1n) is 4.44. The van der Waals surface area contributed by atoms with Crippen LogP contribution < -0.4 is 3.58 Å². The van der Waals surface area contributed by atoms with Crippen LogP contribution in [0.15, 0.2) is 54.6 Å². The molecule has 15 heavy (non-hydrogen) atoms. The molecule has 2 N–H and O–H groups in total. The summed E-state index contributed by atoms with van der Waals surface area (Å²) in [6.07, 6.45) is 0. The number of aromatic hydroxyl groups is 2. The molecule has 0 amide bonds. The molecule has 2 aromatic rings. The zero-order chi connectivity index (χ0) is 11.1. The van der Waals surface area contributed by atoms with Gasteiger partial charge in [-0.2, -0.15) is 0 Å². The fourth-order valence-electron chi connectivity index (χ4n) is 0.902. The zero-order valence-corrected chi connectivity index (χ0v) is 10.9. The van der Waals surface area contributed by atoms with Gasteiger partial charge in [-0.25, -0.2) is 0 Å². The van der Waals surface area contributed by atoms with Crippen molar-refractivity contribution in [1.29, 1.82) is 0 Å². The molecule has 3 heteroatoms. The van der Waals surface area contributed by atoms with Crippen molar-refractivity contribution in [2.45, 2.75) is 0 Å². The van der Waals surface area contributed by atoms with Gasteiger partial charge >= 0.3 is 56.4 Å². The first-order chi connectivity index (χ1) is 7.20. The molecule has 75 valence electrons. The first kappa shape index (κ1) is 11.9. The number of hydrogen-bond acceptors (Lipinski definition) is 2. The molecule has 2 aromatic carbocycles. The Hall–Kier alpha value is -1.16. The topological polar surface area (TPSA) is 40.5 Å². The monoisotopic (exact) mass is 307 g/mol. The number of hydrogen-bond donors (Lipinski definition) is 2. The van der Waals surface area contributed by atoms with Crippen molar-refractivity contribution < 1.29 is 10.2 Å². The second-order valence-corrected chi connectivity index (χ2v) is 4.50. The van der Waals surface area contributed by atoms with Crippen LogP contribution in [0.1, 0.15) is 0 Å². The van der Waals surface area contributed by atoms with Crippen molar-refractivity contribution in [1.82, 2.24) is 0 Å². The molecular formula is C12H11O2Sn. The summed E-state index contributed by atoms with van der Waals surface area (Å²) in [6, 6.07) is 16.5. The molecule has 0 heterocycles. The second-order valence-electron chi connectivity index (χ2n) is 2.85. The Morgan fingerprint density at radius 1 is 0.667 bits per heavy atom. The van der Waals surface area contributed by atoms with Crippen molar-refractivity contribution in [2.24, 2.45) is 0 Å². The number of rotatable bonds is 0. The Morgan fingerprint density at radius 3 is 1.33 bits per heavy atom. The maximum atomic E-state index is 8.67. The quantitative estimate of drug-likeness (QED) is 0.573. The molecule has 0 fully saturated rings. The number of para-hydroxylation sites is 2. The van der Waals surface area contributed by atoms with Crippen LogP contribution >= 0.6 is 0 Å². The van der Waals surface area contributed by atoms with Crippen LogP contribution in [-0.4, -0.2) is 32.7 Å². The second kappa shape index (κ2) is 6.35. The summed E-state index contributed by atoms with van der Waals surface area (Å²) in [5.41, 5.74) is 0. The summed E-state index contributed by atoms with van der Waals surface area (Å²) in [5, 5.41) is 17.3. The molecule has 0 aliphatic rings. The summed E-state index contributed by atoms with van der Waals surface area (Å²) in [7, 11) is 0. The molecule has 0 unspecified atom stereocenters. The van der Waals surface area contributed by atoms with Gasteiger partial charge in [-0.15, -0.1) is 0 Å². The van der Waals surface area contributed by atoms with Crippen LogP contribution in [0.25, 0.3) is 0 Å². The van der Waals surface area contributed by atoms with Gasteiger partial charge in [-0.05, 0) is 12.1 Å². The van der Waals surface area contributed by atoms with Crippen LogP contribution in [0.3, 0.4) is 0 Å². The fourth-order valence-corrected chi connectivity index (χ4v) is 1.45. The van der Waals surface area contributed by atoms with Crippen LogP contribution in [0, 0.1) is 0 Å². The Kier molecular flexibility index (Phi) is 5.04. The molecule has 0 aliphatic carbocycles. The summed E-state index contributed by atoms with van der Waals surface area (Å²) >= 11 is 1.49. The summed E-state index contributed by atoms with van der Waals surface area (Å²) in [4.78, 5) is 0. The van der Waals surface area contributed by atoms with E-state index in [-0.39, 0.29) is 11.5 Å². The van der Waals surface area contributed by atoms with E-state index in [1.54, 1.807) is 12.1 Å². The predicted octanol–water partition coefficient (Wildman–Crippen LogP) is 1.58. The van der Waals surface area contributed by atoms with Gasteiger partial charge in [0.2, 0.25) is 0 Å². The van der Waals surface area contributed by atoms with Crippen LogP contribution in [0.4, 0.5) is 0 Å². The van der Waals surface area contributed by atoms with E-state index in [0.717, 1.165) is 0 Å². The molecule has 0 bridgehead atoms. The molecule has 2 nitrogen and oxygen atoms in total. The van der Waals surface area contributed by atoms with E-state index in [1.807, 2.05) is 6.07 Å². The van der Waals surface area contributed by atoms with E-state index in [1.165, 1.54) is 38.2 Å². The van der Waals surface area contributed by atoms with Gasteiger partial charge in [0.15, 0.2) is 11.5 Å². The summed E-state index contributed by atoms with van der Waals surface area (Å²) in [6.45, 7) is 0. The number of phenolic OH excluding ortho intramolecular Hbond substituents is 2. The van der Waals surface area contributed by atoms with Crippen molar-refractivity contribution in [3.63, 3.8) is 0 Å². The Labute approximate surface area is 102 Å². The third kappa shape index (κ3) is 4.74. The fraction of sp³-hybridized carbons (Fsp3) is 0. The van der Waals surface area contributed by atoms with Gasteiger partial charge < -0.3 is 10.2 Å². The number of benzene rings is 2. The molecular weight excluding hydrogens is 295 g/mol. The molecule has 3 radical (unpaired) electrons. The maximum absolute atomic E-state index is 8.67. The summed E-state index contributed by atoms with van der Waals surface area (Å²) < 4.78 is 1.41. The zero-order valence-electron chi connectivity index (χ0n) is 8.09. The molecule has 0 aliphatic heterocycles. The van der Waals surface area contributed by atoms with Crippen LogP contribution in [-0.2, 0) is 0 Å². The molecule has 0 atom stereocenters. The van der Waals surface area contributed by atoms with Crippen molar-refractivity contribution in [3.05, 3.63) is 54.6 Å². The normalized spacial score (nSPS) is 8.87. The molecule has 0 spiro atoms. The predicted molar refractivity (Wildman–Crippen MR) is 61.6 cm³/mol. The standard InChI is InChI=1S/C6H6O2.C6H5.Sn/c7-5-3-1-2-4-6(5)8;1-2-4-6-5-3-1;/h1-4,7-8H;1-5H;. The van der Waals surface area contributed by atoms with Gasteiger partial charge in [0.25, 0.3) is 0 Å². The van der Waals surface area contributed by atoms with Crippen LogP contribution in [0.2, 0.25) is 0 Å². The molecule has 0 aromatic heterocycles. The third-order valence-corrected chi connectivity index (χ3v) is 2.61. The van der Waals surface area contributed by atoms with Gasteiger partial charge in [-0.1, -0.05) is 12.1 Å². The van der Waals surface area contributed by atoms with E-state index in [4.69, 9.17) is 10.2 Å². The Balaban J connectivity index is 0.000000151. The van der Waals surface area contributed by atoms with E-state index >= 15 is 0 Å². The first-order valence-corrected chi connectivity index (χ1v) is 5.86. The molecule has 2 rings (SSSR count). The van der Waals surface area contributed by atoms with Crippen LogP contribution in [0.5, 0.6) is 11.5 Å². The van der Waals surface area contributed by atoms with Gasteiger partial charge in [0.1, 0.15) is 0 Å². The summed E-state index contributed by atoms with van der Waals surface area (Å²) in [5.74, 6) is -0.153. The van der Waals surface area contributed by atoms with Gasteiger partial charge in [0, 0.05) is 0 Å². The minimum absolute atomic E-state index is 0.0764. The number of phenols is 2. The Bertz CT molecular complexity index is 380. The average Bonchev–Trinajstić information content (AvgIpc) is 2.25. The van der Waals surface area contributed by atoms with E-state index < -0.39 is 0 Å². The van der Waals surface area contributed by atoms with E-state index in [0.29, 0.717) is 0 Å². The average molecular weight is 306 g/mol. The molecule has 0 saturated carbocycles. The van der Waals surface area contributed by atoms with Crippen molar-refractivity contribution >= 4 is 26.1 Å². The van der Waals surface area contributed by atoms with Gasteiger partial charge in [0.05, 0.1) is 0 Å². The molecule has 0 saturated heterocycles. The van der Waals surface area contributed by atoms with Crippen molar-refractivity contribution in [3.8, 4) is 11.5 Å². The third-order valence-electron chi connectivity index (χ3n) is 1.66.